The summed E-state index contributed by atoms with van der Waals surface area (Å²) in [6.45, 7) is 0. The van der Waals surface area contributed by atoms with Gasteiger partial charge in [0.1, 0.15) is 0 Å². The molecule has 0 bridgehead atoms. The highest BCUT2D eigenvalue weighted by atomic mass is 16.4. The molecule has 2 saturated carbocycles. The smallest absolute Gasteiger partial charge is 0.309 e. The van der Waals surface area contributed by atoms with Crippen LogP contribution in [0.5, 0.6) is 11.5 Å². The number of unbranched alkanes of at least 4 members (excludes halogenated alkanes) is 5. The van der Waals surface area contributed by atoms with Crippen LogP contribution in [0.1, 0.15) is 94.6 Å². The lowest BCUT2D eigenvalue weighted by atomic mass is 9.93. The van der Waals surface area contributed by atoms with Gasteiger partial charge in [-0.25, -0.2) is 0 Å². The van der Waals surface area contributed by atoms with Crippen LogP contribution >= 0.6 is 0 Å². The van der Waals surface area contributed by atoms with Gasteiger partial charge in [0, 0.05) is 0 Å². The van der Waals surface area contributed by atoms with Gasteiger partial charge in [-0.2, -0.15) is 0 Å². The fraction of sp³-hybridized carbons (Fsp3) is 0.680. The van der Waals surface area contributed by atoms with Gasteiger partial charge in [-0.05, 0) is 87.5 Å². The summed E-state index contributed by atoms with van der Waals surface area (Å²) < 4.78 is 0. The SMILES string of the molecule is O=C(O)C1(CCCCCCc2cc(O)c(O)cc2CCCCCC2(C(=O)O)CC2)CC1. The van der Waals surface area contributed by atoms with Crippen molar-refractivity contribution in [1.29, 1.82) is 0 Å². The Kier molecular flexibility index (Phi) is 7.50. The van der Waals surface area contributed by atoms with E-state index in [1.807, 2.05) is 0 Å². The predicted molar refractivity (Wildman–Crippen MR) is 117 cm³/mol. The first-order valence-electron chi connectivity index (χ1n) is 11.8. The van der Waals surface area contributed by atoms with Crippen LogP contribution in [0, 0.1) is 10.8 Å². The third-order valence-corrected chi connectivity index (χ3v) is 7.36. The van der Waals surface area contributed by atoms with Crippen LogP contribution in [-0.2, 0) is 22.4 Å². The largest absolute Gasteiger partial charge is 0.504 e. The van der Waals surface area contributed by atoms with E-state index in [-0.39, 0.29) is 11.5 Å². The first kappa shape index (κ1) is 23.4. The van der Waals surface area contributed by atoms with Crippen molar-refractivity contribution >= 4 is 11.9 Å². The van der Waals surface area contributed by atoms with Crippen LogP contribution in [0.3, 0.4) is 0 Å². The second-order valence-corrected chi connectivity index (χ2v) is 9.76. The summed E-state index contributed by atoms with van der Waals surface area (Å²) in [5, 5.41) is 38.3. The number of benzene rings is 1. The second-order valence-electron chi connectivity index (χ2n) is 9.76. The van der Waals surface area contributed by atoms with Crippen molar-refractivity contribution in [3.05, 3.63) is 23.3 Å². The maximum atomic E-state index is 11.3. The van der Waals surface area contributed by atoms with Gasteiger partial charge in [0.15, 0.2) is 11.5 Å². The van der Waals surface area contributed by atoms with Crippen LogP contribution in [0.2, 0.25) is 0 Å². The maximum Gasteiger partial charge on any atom is 0.309 e. The molecule has 0 heterocycles. The molecule has 3 rings (SSSR count). The minimum atomic E-state index is -0.659. The highest BCUT2D eigenvalue weighted by molar-refractivity contribution is 5.78. The Hall–Kier alpha value is -2.24. The summed E-state index contributed by atoms with van der Waals surface area (Å²) in [4.78, 5) is 22.5. The van der Waals surface area contributed by atoms with Gasteiger partial charge in [0.25, 0.3) is 0 Å². The summed E-state index contributed by atoms with van der Waals surface area (Å²) in [5.41, 5.74) is 1.23. The van der Waals surface area contributed by atoms with Crippen molar-refractivity contribution in [2.45, 2.75) is 96.3 Å². The number of phenols is 2. The van der Waals surface area contributed by atoms with Crippen LogP contribution in [0.15, 0.2) is 12.1 Å². The quantitative estimate of drug-likeness (QED) is 0.217. The molecule has 2 fully saturated rings. The number of carbonyl (C=O) groups is 2. The van der Waals surface area contributed by atoms with Crippen LogP contribution in [0.25, 0.3) is 0 Å². The lowest BCUT2D eigenvalue weighted by molar-refractivity contribution is -0.144. The topological polar surface area (TPSA) is 115 Å². The molecule has 172 valence electrons. The van der Waals surface area contributed by atoms with Gasteiger partial charge in [-0.15, -0.1) is 0 Å². The molecule has 0 amide bonds. The van der Waals surface area contributed by atoms with Crippen molar-refractivity contribution < 1.29 is 30.0 Å². The van der Waals surface area contributed by atoms with E-state index in [1.54, 1.807) is 12.1 Å². The molecule has 0 atom stereocenters. The van der Waals surface area contributed by atoms with E-state index in [4.69, 9.17) is 0 Å². The number of aliphatic carboxylic acids is 2. The number of aryl methyl sites for hydroxylation is 2. The number of carboxylic acids is 2. The average molecular weight is 433 g/mol. The molecular formula is C25H36O6. The molecule has 1 aromatic carbocycles. The zero-order valence-electron chi connectivity index (χ0n) is 18.4. The van der Waals surface area contributed by atoms with E-state index in [1.165, 1.54) is 0 Å². The van der Waals surface area contributed by atoms with Crippen molar-refractivity contribution in [1.82, 2.24) is 0 Å². The Labute approximate surface area is 184 Å². The number of phenolic OH excluding ortho intramolecular Hbond substituents is 2. The normalized spacial score (nSPS) is 17.9. The summed E-state index contributed by atoms with van der Waals surface area (Å²) in [5.74, 6) is -1.49. The number of hydrogen-bond acceptors (Lipinski definition) is 4. The molecule has 0 radical (unpaired) electrons. The van der Waals surface area contributed by atoms with Crippen molar-refractivity contribution in [2.75, 3.05) is 0 Å². The Balaban J connectivity index is 1.38. The molecule has 0 spiro atoms. The van der Waals surface area contributed by atoms with Crippen molar-refractivity contribution in [3.8, 4) is 11.5 Å². The summed E-state index contributed by atoms with van der Waals surface area (Å²) in [6, 6.07) is 3.33. The van der Waals surface area contributed by atoms with E-state index < -0.39 is 22.8 Å². The Bertz CT molecular complexity index is 791. The summed E-state index contributed by atoms with van der Waals surface area (Å²) in [7, 11) is 0. The number of carboxylic acid groups (broad SMARTS) is 2. The molecule has 6 nitrogen and oxygen atoms in total. The molecule has 0 aliphatic heterocycles. The summed E-state index contributed by atoms with van der Waals surface area (Å²) >= 11 is 0. The standard InChI is InChI=1S/C25H36O6/c26-20-16-18(8-4-1-2-6-10-24(12-13-24)22(28)29)19(17-21(20)27)9-5-3-7-11-25(14-15-25)23(30)31/h16-17,26-27H,1-15H2,(H,28,29)(H,30,31). The van der Waals surface area contributed by atoms with E-state index in [0.29, 0.717) is 0 Å². The van der Waals surface area contributed by atoms with E-state index in [2.05, 4.69) is 0 Å². The lowest BCUT2D eigenvalue weighted by Crippen LogP contribution is -2.14. The molecule has 2 aliphatic carbocycles. The fourth-order valence-electron chi connectivity index (χ4n) is 4.66. The Morgan fingerprint density at radius 2 is 1.00 bits per heavy atom. The van der Waals surface area contributed by atoms with E-state index in [9.17, 15) is 30.0 Å². The zero-order valence-corrected chi connectivity index (χ0v) is 18.4. The van der Waals surface area contributed by atoms with E-state index >= 15 is 0 Å². The maximum absolute atomic E-state index is 11.3. The predicted octanol–water partition coefficient (Wildman–Crippen LogP) is 5.42. The molecule has 0 saturated heterocycles. The Morgan fingerprint density at radius 3 is 1.35 bits per heavy atom. The molecule has 31 heavy (non-hydrogen) atoms. The van der Waals surface area contributed by atoms with Crippen LogP contribution in [0.4, 0.5) is 0 Å². The molecule has 0 unspecified atom stereocenters. The molecule has 1 aromatic rings. The third kappa shape index (κ3) is 6.14. The van der Waals surface area contributed by atoms with Gasteiger partial charge in [-0.3, -0.25) is 9.59 Å². The average Bonchev–Trinajstić information content (AvgIpc) is 3.63. The number of aromatic hydroxyl groups is 2. The molecule has 4 N–H and O–H groups in total. The highest BCUT2D eigenvalue weighted by Crippen LogP contribution is 2.50. The zero-order chi connectivity index (χ0) is 22.5. The van der Waals surface area contributed by atoms with Crippen LogP contribution in [-0.4, -0.2) is 32.4 Å². The van der Waals surface area contributed by atoms with Gasteiger partial charge in [0.05, 0.1) is 10.8 Å². The van der Waals surface area contributed by atoms with Crippen LogP contribution < -0.4 is 0 Å². The number of rotatable bonds is 15. The van der Waals surface area contributed by atoms with E-state index in [0.717, 1.165) is 107 Å². The second kappa shape index (κ2) is 9.92. The minimum Gasteiger partial charge on any atom is -0.504 e. The van der Waals surface area contributed by atoms with Gasteiger partial charge in [-0.1, -0.05) is 32.1 Å². The summed E-state index contributed by atoms with van der Waals surface area (Å²) in [6.07, 6.45) is 13.1. The molecule has 6 heteroatoms. The van der Waals surface area contributed by atoms with Gasteiger partial charge in [0.2, 0.25) is 0 Å². The molecular weight excluding hydrogens is 396 g/mol. The minimum absolute atomic E-state index is 0.0898. The first-order valence-corrected chi connectivity index (χ1v) is 11.8. The highest BCUT2D eigenvalue weighted by Gasteiger charge is 2.49. The molecule has 2 aliphatic rings. The number of hydrogen-bond donors (Lipinski definition) is 4. The van der Waals surface area contributed by atoms with Crippen molar-refractivity contribution in [2.24, 2.45) is 10.8 Å². The van der Waals surface area contributed by atoms with Gasteiger partial charge >= 0.3 is 11.9 Å². The Morgan fingerprint density at radius 1 is 0.645 bits per heavy atom. The van der Waals surface area contributed by atoms with Gasteiger partial charge < -0.3 is 20.4 Å². The third-order valence-electron chi connectivity index (χ3n) is 7.36. The monoisotopic (exact) mass is 432 g/mol. The van der Waals surface area contributed by atoms with Crippen molar-refractivity contribution in [3.63, 3.8) is 0 Å². The fourth-order valence-corrected chi connectivity index (χ4v) is 4.66. The molecule has 0 aromatic heterocycles. The first-order chi connectivity index (χ1) is 14.8. The lowest BCUT2D eigenvalue weighted by Gasteiger charge is -2.13.